The lowest BCUT2D eigenvalue weighted by molar-refractivity contribution is 0.213. The molecule has 110 valence electrons. The second-order valence-corrected chi connectivity index (χ2v) is 4.42. The van der Waals surface area contributed by atoms with Crippen LogP contribution in [0.15, 0.2) is 58.4 Å². The van der Waals surface area contributed by atoms with Crippen LogP contribution in [0.25, 0.3) is 0 Å². The molecule has 2 rings (SSSR count). The first-order valence-electron chi connectivity index (χ1n) is 6.66. The molecule has 0 atom stereocenters. The van der Waals surface area contributed by atoms with Crippen molar-refractivity contribution >= 4 is 5.71 Å². The van der Waals surface area contributed by atoms with E-state index in [1.165, 1.54) is 13.4 Å². The Morgan fingerprint density at radius 2 is 2.05 bits per heavy atom. The molecule has 0 fully saturated rings. The lowest BCUT2D eigenvalue weighted by atomic mass is 10.1. The quantitative estimate of drug-likeness (QED) is 0.444. The molecule has 0 amide bonds. The van der Waals surface area contributed by atoms with Crippen LogP contribution < -0.4 is 4.74 Å². The predicted molar refractivity (Wildman–Crippen MR) is 80.5 cm³/mol. The number of nitrogens with zero attached hydrogens (tertiary/aromatic N) is 2. The molecule has 1 heterocycles. The summed E-state index contributed by atoms with van der Waals surface area (Å²) < 4.78 is 10.5. The van der Waals surface area contributed by atoms with E-state index in [2.05, 4.69) is 23.8 Å². The van der Waals surface area contributed by atoms with Crippen LogP contribution in [0.5, 0.6) is 5.75 Å². The lowest BCUT2D eigenvalue weighted by Crippen LogP contribution is -2.05. The third-order valence-corrected chi connectivity index (χ3v) is 2.93. The van der Waals surface area contributed by atoms with Crippen LogP contribution in [0.2, 0.25) is 0 Å². The van der Waals surface area contributed by atoms with Crippen molar-refractivity contribution in [2.24, 2.45) is 5.16 Å². The lowest BCUT2D eigenvalue weighted by Gasteiger charge is -2.08. The molecule has 0 aliphatic carbocycles. The zero-order valence-corrected chi connectivity index (χ0v) is 12.2. The Labute approximate surface area is 123 Å². The molecule has 5 heteroatoms. The third-order valence-electron chi connectivity index (χ3n) is 2.93. The largest absolute Gasteiger partial charge is 0.489 e. The van der Waals surface area contributed by atoms with Crippen molar-refractivity contribution in [1.82, 2.24) is 5.16 Å². The molecule has 21 heavy (non-hydrogen) atoms. The highest BCUT2D eigenvalue weighted by Crippen LogP contribution is 2.16. The Hall–Kier alpha value is -2.56. The fourth-order valence-corrected chi connectivity index (χ4v) is 1.67. The highest BCUT2D eigenvalue weighted by Gasteiger charge is 2.11. The Morgan fingerprint density at radius 1 is 1.29 bits per heavy atom. The minimum absolute atomic E-state index is 0.526. The first-order valence-corrected chi connectivity index (χ1v) is 6.66. The molecule has 2 aromatic rings. The van der Waals surface area contributed by atoms with E-state index in [0.717, 1.165) is 23.3 Å². The van der Waals surface area contributed by atoms with E-state index in [0.29, 0.717) is 18.0 Å². The number of aromatic nitrogens is 1. The number of oxime groups is 1. The molecule has 0 bridgehead atoms. The van der Waals surface area contributed by atoms with Crippen LogP contribution in [-0.2, 0) is 4.84 Å². The zero-order valence-electron chi connectivity index (χ0n) is 12.2. The highest BCUT2D eigenvalue weighted by atomic mass is 16.6. The third kappa shape index (κ3) is 3.95. The Kier molecular flexibility index (Phi) is 5.15. The van der Waals surface area contributed by atoms with Gasteiger partial charge in [-0.25, -0.2) is 0 Å². The van der Waals surface area contributed by atoms with Crippen LogP contribution in [0.4, 0.5) is 0 Å². The highest BCUT2D eigenvalue weighted by molar-refractivity contribution is 6.11. The van der Waals surface area contributed by atoms with E-state index in [1.807, 2.05) is 24.3 Å². The van der Waals surface area contributed by atoms with E-state index in [4.69, 9.17) is 14.1 Å². The molecule has 5 nitrogen and oxygen atoms in total. The summed E-state index contributed by atoms with van der Waals surface area (Å²) in [6.07, 6.45) is 2.41. The van der Waals surface area contributed by atoms with Crippen molar-refractivity contribution in [2.45, 2.75) is 13.3 Å². The molecule has 0 unspecified atom stereocenters. The summed E-state index contributed by atoms with van der Waals surface area (Å²) in [5.41, 5.74) is 3.15. The Balaban J connectivity index is 2.13. The zero-order chi connectivity index (χ0) is 15.1. The molecule has 0 N–H and O–H groups in total. The normalized spacial score (nSPS) is 11.2. The van der Waals surface area contributed by atoms with Gasteiger partial charge in [0, 0.05) is 11.6 Å². The molecule has 0 aliphatic heterocycles. The standard InChI is InChI=1S/C16H18N2O3/c1-4-12(2)11-20-14-7-5-13(6-8-14)16(18-19-3)15-9-10-21-17-15/h5-10H,2,4,11H2,1,3H3. The van der Waals surface area contributed by atoms with Gasteiger partial charge in [0.05, 0.1) is 0 Å². The van der Waals surface area contributed by atoms with Gasteiger partial charge < -0.3 is 14.1 Å². The van der Waals surface area contributed by atoms with E-state index in [-0.39, 0.29) is 0 Å². The van der Waals surface area contributed by atoms with Crippen LogP contribution in [0.3, 0.4) is 0 Å². The van der Waals surface area contributed by atoms with Crippen molar-refractivity contribution in [3.05, 3.63) is 60.0 Å². The van der Waals surface area contributed by atoms with Crippen molar-refractivity contribution in [2.75, 3.05) is 13.7 Å². The molecule has 1 aromatic heterocycles. The van der Waals surface area contributed by atoms with E-state index >= 15 is 0 Å². The fourth-order valence-electron chi connectivity index (χ4n) is 1.67. The van der Waals surface area contributed by atoms with Crippen molar-refractivity contribution < 1.29 is 14.1 Å². The summed E-state index contributed by atoms with van der Waals surface area (Å²) in [7, 11) is 1.49. The molecule has 0 spiro atoms. The summed E-state index contributed by atoms with van der Waals surface area (Å²) in [4.78, 5) is 4.87. The number of benzene rings is 1. The fraction of sp³-hybridized carbons (Fsp3) is 0.250. The van der Waals surface area contributed by atoms with Crippen molar-refractivity contribution in [3.8, 4) is 5.75 Å². The van der Waals surface area contributed by atoms with Gasteiger partial charge >= 0.3 is 0 Å². The van der Waals surface area contributed by atoms with Crippen LogP contribution >= 0.6 is 0 Å². The van der Waals surface area contributed by atoms with Crippen LogP contribution in [0.1, 0.15) is 24.6 Å². The molecule has 1 aromatic carbocycles. The van der Waals surface area contributed by atoms with Gasteiger partial charge in [0.2, 0.25) is 0 Å². The second-order valence-electron chi connectivity index (χ2n) is 4.42. The first kappa shape index (κ1) is 14.8. The molecule has 0 saturated carbocycles. The van der Waals surface area contributed by atoms with Gasteiger partial charge in [-0.1, -0.05) is 23.8 Å². The van der Waals surface area contributed by atoms with Crippen LogP contribution in [-0.4, -0.2) is 24.6 Å². The summed E-state index contributed by atoms with van der Waals surface area (Å²) in [6.45, 7) is 6.49. The van der Waals surface area contributed by atoms with E-state index in [1.54, 1.807) is 6.07 Å². The molecule has 0 saturated heterocycles. The van der Waals surface area contributed by atoms with Gasteiger partial charge in [-0.15, -0.1) is 0 Å². The number of hydrogen-bond acceptors (Lipinski definition) is 5. The topological polar surface area (TPSA) is 56.9 Å². The number of rotatable bonds is 7. The van der Waals surface area contributed by atoms with Gasteiger partial charge in [0.25, 0.3) is 0 Å². The van der Waals surface area contributed by atoms with Gasteiger partial charge in [-0.3, -0.25) is 0 Å². The van der Waals surface area contributed by atoms with Crippen LogP contribution in [0, 0.1) is 0 Å². The van der Waals surface area contributed by atoms with E-state index in [9.17, 15) is 0 Å². The van der Waals surface area contributed by atoms with Gasteiger partial charge in [-0.05, 0) is 36.3 Å². The summed E-state index contributed by atoms with van der Waals surface area (Å²) >= 11 is 0. The number of hydrogen-bond donors (Lipinski definition) is 0. The van der Waals surface area contributed by atoms with Crippen molar-refractivity contribution in [1.29, 1.82) is 0 Å². The smallest absolute Gasteiger partial charge is 0.139 e. The maximum atomic E-state index is 5.64. The van der Waals surface area contributed by atoms with Gasteiger partial charge in [0.15, 0.2) is 0 Å². The Morgan fingerprint density at radius 3 is 2.62 bits per heavy atom. The SMILES string of the molecule is C=C(CC)COc1ccc(C(=NOC)c2ccon2)cc1. The molecular formula is C16H18N2O3. The monoisotopic (exact) mass is 286 g/mol. The molecule has 0 aliphatic rings. The maximum absolute atomic E-state index is 5.64. The van der Waals surface area contributed by atoms with Gasteiger partial charge in [0.1, 0.15) is 37.1 Å². The molecule has 0 radical (unpaired) electrons. The van der Waals surface area contributed by atoms with E-state index < -0.39 is 0 Å². The summed E-state index contributed by atoms with van der Waals surface area (Å²) in [6, 6.07) is 9.29. The minimum atomic E-state index is 0.526. The summed E-state index contributed by atoms with van der Waals surface area (Å²) in [5.74, 6) is 0.783. The number of ether oxygens (including phenoxy) is 1. The average Bonchev–Trinajstić information content (AvgIpc) is 3.05. The Bertz CT molecular complexity index is 601. The first-order chi connectivity index (χ1) is 10.2. The predicted octanol–water partition coefficient (Wildman–Crippen LogP) is 3.42. The van der Waals surface area contributed by atoms with Gasteiger partial charge in [-0.2, -0.15) is 0 Å². The minimum Gasteiger partial charge on any atom is -0.489 e. The maximum Gasteiger partial charge on any atom is 0.139 e. The average molecular weight is 286 g/mol. The summed E-state index contributed by atoms with van der Waals surface area (Å²) in [5, 5.41) is 7.87. The van der Waals surface area contributed by atoms with Crippen molar-refractivity contribution in [3.63, 3.8) is 0 Å². The molecular weight excluding hydrogens is 268 g/mol. The second kappa shape index (κ2) is 7.28.